The number of rotatable bonds is 3. The number of morpholine rings is 1. The molecule has 1 unspecified atom stereocenters. The Morgan fingerprint density at radius 2 is 2.04 bits per heavy atom. The van der Waals surface area contributed by atoms with E-state index in [-0.39, 0.29) is 23.3 Å². The molecule has 2 saturated heterocycles. The SMILES string of the molecule is CC1(C)Cc2nc(N3CCOCC3)ncc2C(NC(=O)C2CNNC2)C1. The van der Waals surface area contributed by atoms with E-state index in [0.29, 0.717) is 26.3 Å². The largest absolute Gasteiger partial charge is 0.378 e. The lowest BCUT2D eigenvalue weighted by Gasteiger charge is -2.37. The second-order valence-electron chi connectivity index (χ2n) is 8.24. The summed E-state index contributed by atoms with van der Waals surface area (Å²) in [5.41, 5.74) is 8.25. The Balaban J connectivity index is 1.56. The van der Waals surface area contributed by atoms with Crippen LogP contribution in [-0.4, -0.2) is 55.3 Å². The minimum atomic E-state index is -0.0305. The normalized spacial score (nSPS) is 25.8. The van der Waals surface area contributed by atoms with Gasteiger partial charge in [-0.25, -0.2) is 9.97 Å². The molecule has 0 spiro atoms. The standard InChI is InChI=1S/C18H28N6O2/c1-18(2)7-14(22-16(25)12-9-20-21-10-12)13-11-19-17(23-15(13)8-18)24-3-5-26-6-4-24/h11-12,14,20-21H,3-10H2,1-2H3,(H,22,25). The fourth-order valence-corrected chi connectivity index (χ4v) is 4.02. The molecule has 1 amide bonds. The molecule has 1 aromatic rings. The zero-order chi connectivity index (χ0) is 18.1. The van der Waals surface area contributed by atoms with Gasteiger partial charge in [-0.05, 0) is 18.3 Å². The second-order valence-corrected chi connectivity index (χ2v) is 8.24. The topological polar surface area (TPSA) is 91.4 Å². The van der Waals surface area contributed by atoms with Gasteiger partial charge in [0.25, 0.3) is 0 Å². The lowest BCUT2D eigenvalue weighted by Crippen LogP contribution is -2.41. The Hall–Kier alpha value is -1.77. The molecule has 1 atom stereocenters. The Bertz CT molecular complexity index is 668. The van der Waals surface area contributed by atoms with Crippen molar-refractivity contribution >= 4 is 11.9 Å². The van der Waals surface area contributed by atoms with E-state index < -0.39 is 0 Å². The molecule has 3 heterocycles. The molecule has 0 bridgehead atoms. The van der Waals surface area contributed by atoms with Crippen LogP contribution in [0.5, 0.6) is 0 Å². The van der Waals surface area contributed by atoms with Crippen LogP contribution in [0, 0.1) is 11.3 Å². The summed E-state index contributed by atoms with van der Waals surface area (Å²) in [4.78, 5) is 24.2. The summed E-state index contributed by atoms with van der Waals surface area (Å²) in [7, 11) is 0. The third-order valence-corrected chi connectivity index (χ3v) is 5.47. The minimum absolute atomic E-state index is 0.0272. The quantitative estimate of drug-likeness (QED) is 0.708. The second kappa shape index (κ2) is 7.09. The number of nitrogens with zero attached hydrogens (tertiary/aromatic N) is 3. The Morgan fingerprint density at radius 3 is 2.77 bits per heavy atom. The summed E-state index contributed by atoms with van der Waals surface area (Å²) < 4.78 is 5.42. The van der Waals surface area contributed by atoms with Crippen molar-refractivity contribution in [2.45, 2.75) is 32.7 Å². The highest BCUT2D eigenvalue weighted by atomic mass is 16.5. The summed E-state index contributed by atoms with van der Waals surface area (Å²) in [6, 6.07) is -0.0272. The maximum Gasteiger partial charge on any atom is 0.226 e. The number of nitrogens with one attached hydrogen (secondary N) is 3. The zero-order valence-electron chi connectivity index (χ0n) is 15.5. The molecule has 142 valence electrons. The van der Waals surface area contributed by atoms with E-state index in [1.165, 1.54) is 0 Å². The monoisotopic (exact) mass is 360 g/mol. The number of hydrazine groups is 1. The summed E-state index contributed by atoms with van der Waals surface area (Å²) in [5.74, 6) is 0.837. The maximum atomic E-state index is 12.6. The summed E-state index contributed by atoms with van der Waals surface area (Å²) in [6.45, 7) is 8.90. The van der Waals surface area contributed by atoms with Gasteiger partial charge in [0.1, 0.15) is 0 Å². The van der Waals surface area contributed by atoms with Gasteiger partial charge in [0.05, 0.1) is 30.9 Å². The number of aromatic nitrogens is 2. The summed E-state index contributed by atoms with van der Waals surface area (Å²) in [5, 5.41) is 3.24. The highest BCUT2D eigenvalue weighted by Gasteiger charge is 2.36. The number of hydrogen-bond acceptors (Lipinski definition) is 7. The predicted octanol–water partition coefficient (Wildman–Crippen LogP) is 0.167. The van der Waals surface area contributed by atoms with Crippen molar-refractivity contribution in [1.29, 1.82) is 0 Å². The molecule has 1 aliphatic carbocycles. The van der Waals surface area contributed by atoms with Crippen LogP contribution in [0.25, 0.3) is 0 Å². The molecule has 2 fully saturated rings. The van der Waals surface area contributed by atoms with E-state index in [9.17, 15) is 4.79 Å². The van der Waals surface area contributed by atoms with Crippen molar-refractivity contribution in [2.75, 3.05) is 44.3 Å². The van der Waals surface area contributed by atoms with E-state index >= 15 is 0 Å². The molecule has 0 saturated carbocycles. The summed E-state index contributed by atoms with van der Waals surface area (Å²) in [6.07, 6.45) is 3.72. The molecule has 3 N–H and O–H groups in total. The zero-order valence-corrected chi connectivity index (χ0v) is 15.5. The first kappa shape index (κ1) is 17.6. The van der Waals surface area contributed by atoms with Crippen molar-refractivity contribution in [3.8, 4) is 0 Å². The highest BCUT2D eigenvalue weighted by molar-refractivity contribution is 5.80. The number of fused-ring (bicyclic) bond motifs is 1. The average molecular weight is 360 g/mol. The smallest absolute Gasteiger partial charge is 0.226 e. The van der Waals surface area contributed by atoms with Crippen molar-refractivity contribution in [3.63, 3.8) is 0 Å². The minimum Gasteiger partial charge on any atom is -0.378 e. The third kappa shape index (κ3) is 3.67. The van der Waals surface area contributed by atoms with E-state index in [0.717, 1.165) is 43.1 Å². The average Bonchev–Trinajstić information content (AvgIpc) is 3.16. The molecule has 3 aliphatic rings. The molecule has 26 heavy (non-hydrogen) atoms. The van der Waals surface area contributed by atoms with E-state index in [1.807, 2.05) is 6.20 Å². The lowest BCUT2D eigenvalue weighted by molar-refractivity contribution is -0.125. The number of hydrogen-bond donors (Lipinski definition) is 3. The van der Waals surface area contributed by atoms with Gasteiger partial charge in [-0.3, -0.25) is 15.6 Å². The van der Waals surface area contributed by atoms with Crippen LogP contribution >= 0.6 is 0 Å². The number of carbonyl (C=O) groups is 1. The molecular weight excluding hydrogens is 332 g/mol. The third-order valence-electron chi connectivity index (χ3n) is 5.47. The number of amides is 1. The van der Waals surface area contributed by atoms with Crippen molar-refractivity contribution in [2.24, 2.45) is 11.3 Å². The number of ether oxygens (including phenoxy) is 1. The maximum absolute atomic E-state index is 12.6. The van der Waals surface area contributed by atoms with Crippen LogP contribution in [0.15, 0.2) is 6.20 Å². The first-order valence-electron chi connectivity index (χ1n) is 9.46. The molecule has 0 aromatic carbocycles. The van der Waals surface area contributed by atoms with Crippen LogP contribution in [-0.2, 0) is 16.0 Å². The molecule has 1 aromatic heterocycles. The van der Waals surface area contributed by atoms with Gasteiger partial charge < -0.3 is 15.0 Å². The van der Waals surface area contributed by atoms with Gasteiger partial charge in [0, 0.05) is 37.9 Å². The highest BCUT2D eigenvalue weighted by Crippen LogP contribution is 2.40. The van der Waals surface area contributed by atoms with Gasteiger partial charge in [0.15, 0.2) is 0 Å². The Morgan fingerprint density at radius 1 is 1.31 bits per heavy atom. The predicted molar refractivity (Wildman–Crippen MR) is 97.5 cm³/mol. The molecule has 4 rings (SSSR count). The fraction of sp³-hybridized carbons (Fsp3) is 0.722. The molecule has 2 aliphatic heterocycles. The fourth-order valence-electron chi connectivity index (χ4n) is 4.02. The van der Waals surface area contributed by atoms with Gasteiger partial charge in [0.2, 0.25) is 11.9 Å². The van der Waals surface area contributed by atoms with Crippen LogP contribution in [0.1, 0.15) is 37.6 Å². The molecule has 8 nitrogen and oxygen atoms in total. The Labute approximate surface area is 154 Å². The number of anilines is 1. The van der Waals surface area contributed by atoms with Crippen LogP contribution < -0.4 is 21.1 Å². The van der Waals surface area contributed by atoms with Gasteiger partial charge in [-0.1, -0.05) is 13.8 Å². The van der Waals surface area contributed by atoms with E-state index in [1.54, 1.807) is 0 Å². The van der Waals surface area contributed by atoms with E-state index in [4.69, 9.17) is 9.72 Å². The lowest BCUT2D eigenvalue weighted by atomic mass is 9.74. The molecule has 0 radical (unpaired) electrons. The van der Waals surface area contributed by atoms with E-state index in [2.05, 4.69) is 39.9 Å². The number of carbonyl (C=O) groups excluding carboxylic acids is 1. The van der Waals surface area contributed by atoms with Gasteiger partial charge >= 0.3 is 0 Å². The Kier molecular flexibility index (Phi) is 4.81. The molecule has 8 heteroatoms. The van der Waals surface area contributed by atoms with Gasteiger partial charge in [-0.15, -0.1) is 0 Å². The first-order chi connectivity index (χ1) is 12.5. The van der Waals surface area contributed by atoms with Crippen LogP contribution in [0.3, 0.4) is 0 Å². The van der Waals surface area contributed by atoms with Crippen LogP contribution in [0.2, 0.25) is 0 Å². The van der Waals surface area contributed by atoms with Gasteiger partial charge in [-0.2, -0.15) is 0 Å². The van der Waals surface area contributed by atoms with Crippen molar-refractivity contribution < 1.29 is 9.53 Å². The molecular formula is C18H28N6O2. The van der Waals surface area contributed by atoms with Crippen LogP contribution in [0.4, 0.5) is 5.95 Å². The first-order valence-corrected chi connectivity index (χ1v) is 9.46. The van der Waals surface area contributed by atoms with Crippen molar-refractivity contribution in [1.82, 2.24) is 26.1 Å². The van der Waals surface area contributed by atoms with Crippen molar-refractivity contribution in [3.05, 3.63) is 17.5 Å². The summed E-state index contributed by atoms with van der Waals surface area (Å²) >= 11 is 0.